The molecule has 19 heavy (non-hydrogen) atoms. The van der Waals surface area contributed by atoms with Gasteiger partial charge in [-0.3, -0.25) is 0 Å². The van der Waals surface area contributed by atoms with E-state index in [4.69, 9.17) is 0 Å². The fourth-order valence-corrected chi connectivity index (χ4v) is 3.04. The Kier molecular flexibility index (Phi) is 3.62. The van der Waals surface area contributed by atoms with Crippen molar-refractivity contribution in [2.75, 3.05) is 19.0 Å². The fraction of sp³-hybridized carbons (Fsp3) is 0.200. The van der Waals surface area contributed by atoms with Crippen LogP contribution in [-0.4, -0.2) is 22.5 Å². The summed E-state index contributed by atoms with van der Waals surface area (Å²) >= 11 is 0. The average molecular weight is 275 g/mol. The number of rotatable bonds is 3. The van der Waals surface area contributed by atoms with Gasteiger partial charge in [-0.2, -0.15) is 0 Å². The number of sulfone groups is 1. The maximum absolute atomic E-state index is 12.4. The second-order valence-electron chi connectivity index (χ2n) is 4.70. The molecule has 0 fully saturated rings. The van der Waals surface area contributed by atoms with Crippen molar-refractivity contribution in [1.29, 1.82) is 0 Å². The van der Waals surface area contributed by atoms with E-state index < -0.39 is 9.84 Å². The third-order valence-corrected chi connectivity index (χ3v) is 4.78. The molecule has 0 aliphatic carbocycles. The molecule has 0 aliphatic rings. The predicted octanol–water partition coefficient (Wildman–Crippen LogP) is 2.89. The molecular formula is C15H17NO2S. The van der Waals surface area contributed by atoms with Gasteiger partial charge in [0.15, 0.2) is 0 Å². The molecule has 0 bridgehead atoms. The van der Waals surface area contributed by atoms with E-state index in [1.807, 2.05) is 25.9 Å². The standard InChI is InChI=1S/C15H17NO2S/c1-12-4-8-14(9-5-12)19(17,18)15-10-6-13(7-11-15)16(2)3/h4-11H,1-3H3. The molecule has 2 aromatic carbocycles. The quantitative estimate of drug-likeness (QED) is 0.864. The minimum absolute atomic E-state index is 0.321. The van der Waals surface area contributed by atoms with Crippen LogP contribution in [0.15, 0.2) is 58.3 Å². The van der Waals surface area contributed by atoms with Crippen LogP contribution in [0.3, 0.4) is 0 Å². The molecule has 0 aromatic heterocycles. The summed E-state index contributed by atoms with van der Waals surface area (Å²) in [6, 6.07) is 13.8. The summed E-state index contributed by atoms with van der Waals surface area (Å²) in [7, 11) is 0.424. The Bertz CT molecular complexity index is 656. The van der Waals surface area contributed by atoms with Crippen molar-refractivity contribution >= 4 is 15.5 Å². The summed E-state index contributed by atoms with van der Waals surface area (Å²) in [6.07, 6.45) is 0. The lowest BCUT2D eigenvalue weighted by Gasteiger charge is -2.12. The van der Waals surface area contributed by atoms with Crippen LogP contribution in [0.5, 0.6) is 0 Å². The molecule has 0 aliphatic heterocycles. The van der Waals surface area contributed by atoms with Gasteiger partial charge in [-0.15, -0.1) is 0 Å². The van der Waals surface area contributed by atoms with Gasteiger partial charge in [0.05, 0.1) is 9.79 Å². The molecule has 0 N–H and O–H groups in total. The highest BCUT2D eigenvalue weighted by Gasteiger charge is 2.17. The lowest BCUT2D eigenvalue weighted by atomic mass is 10.2. The molecule has 0 amide bonds. The van der Waals surface area contributed by atoms with E-state index in [1.165, 1.54) is 0 Å². The molecule has 3 nitrogen and oxygen atoms in total. The first-order valence-corrected chi connectivity index (χ1v) is 7.49. The Balaban J connectivity index is 2.42. The smallest absolute Gasteiger partial charge is 0.206 e. The number of benzene rings is 2. The van der Waals surface area contributed by atoms with Gasteiger partial charge in [0.25, 0.3) is 0 Å². The topological polar surface area (TPSA) is 37.4 Å². The maximum atomic E-state index is 12.4. The summed E-state index contributed by atoms with van der Waals surface area (Å²) < 4.78 is 24.8. The van der Waals surface area contributed by atoms with Crippen molar-refractivity contribution in [3.05, 3.63) is 54.1 Å². The van der Waals surface area contributed by atoms with Crippen LogP contribution in [-0.2, 0) is 9.84 Å². The second kappa shape index (κ2) is 5.05. The summed E-state index contributed by atoms with van der Waals surface area (Å²) in [4.78, 5) is 2.58. The van der Waals surface area contributed by atoms with Gasteiger partial charge in [-0.1, -0.05) is 17.7 Å². The zero-order valence-corrected chi connectivity index (χ0v) is 12.1. The van der Waals surface area contributed by atoms with Gasteiger partial charge >= 0.3 is 0 Å². The van der Waals surface area contributed by atoms with Crippen LogP contribution in [0.1, 0.15) is 5.56 Å². The van der Waals surface area contributed by atoms with Gasteiger partial charge in [0.2, 0.25) is 9.84 Å². The lowest BCUT2D eigenvalue weighted by molar-refractivity contribution is 0.596. The van der Waals surface area contributed by atoms with Gasteiger partial charge in [0.1, 0.15) is 0 Å². The number of hydrogen-bond acceptors (Lipinski definition) is 3. The summed E-state index contributed by atoms with van der Waals surface area (Å²) in [6.45, 7) is 1.93. The largest absolute Gasteiger partial charge is 0.378 e. The first-order valence-electron chi connectivity index (χ1n) is 6.00. The molecule has 0 radical (unpaired) electrons. The van der Waals surface area contributed by atoms with Crippen LogP contribution in [0.2, 0.25) is 0 Å². The van der Waals surface area contributed by atoms with E-state index in [2.05, 4.69) is 0 Å². The number of nitrogens with zero attached hydrogens (tertiary/aromatic N) is 1. The zero-order valence-electron chi connectivity index (χ0n) is 11.3. The predicted molar refractivity (Wildman–Crippen MR) is 77.4 cm³/mol. The summed E-state index contributed by atoms with van der Waals surface area (Å²) in [5, 5.41) is 0. The van der Waals surface area contributed by atoms with Crippen LogP contribution >= 0.6 is 0 Å². The molecule has 2 rings (SSSR count). The van der Waals surface area contributed by atoms with Crippen molar-refractivity contribution in [1.82, 2.24) is 0 Å². The van der Waals surface area contributed by atoms with Crippen LogP contribution in [0.4, 0.5) is 5.69 Å². The van der Waals surface area contributed by atoms with Gasteiger partial charge in [0, 0.05) is 19.8 Å². The van der Waals surface area contributed by atoms with E-state index in [0.717, 1.165) is 11.3 Å². The Morgan fingerprint density at radius 3 is 1.63 bits per heavy atom. The molecule has 0 spiro atoms. The molecule has 0 saturated carbocycles. The van der Waals surface area contributed by atoms with E-state index in [0.29, 0.717) is 9.79 Å². The van der Waals surface area contributed by atoms with Crippen molar-refractivity contribution < 1.29 is 8.42 Å². The third-order valence-electron chi connectivity index (χ3n) is 2.99. The van der Waals surface area contributed by atoms with Crippen molar-refractivity contribution in [2.45, 2.75) is 16.7 Å². The highest BCUT2D eigenvalue weighted by molar-refractivity contribution is 7.91. The van der Waals surface area contributed by atoms with E-state index in [1.54, 1.807) is 48.5 Å². The van der Waals surface area contributed by atoms with Gasteiger partial charge in [-0.05, 0) is 43.3 Å². The lowest BCUT2D eigenvalue weighted by Crippen LogP contribution is -2.09. The average Bonchev–Trinajstić information content (AvgIpc) is 2.39. The monoisotopic (exact) mass is 275 g/mol. The first kappa shape index (κ1) is 13.6. The molecule has 2 aromatic rings. The Morgan fingerprint density at radius 1 is 0.789 bits per heavy atom. The summed E-state index contributed by atoms with van der Waals surface area (Å²) in [5.74, 6) is 0. The SMILES string of the molecule is Cc1ccc(S(=O)(=O)c2ccc(N(C)C)cc2)cc1. The van der Waals surface area contributed by atoms with Gasteiger partial charge < -0.3 is 4.90 Å². The maximum Gasteiger partial charge on any atom is 0.206 e. The molecular weight excluding hydrogens is 258 g/mol. The Morgan fingerprint density at radius 2 is 1.21 bits per heavy atom. The van der Waals surface area contributed by atoms with Crippen molar-refractivity contribution in [2.24, 2.45) is 0 Å². The van der Waals surface area contributed by atoms with E-state index >= 15 is 0 Å². The molecule has 0 heterocycles. The van der Waals surface area contributed by atoms with Crippen molar-refractivity contribution in [3.8, 4) is 0 Å². The normalized spacial score (nSPS) is 11.3. The van der Waals surface area contributed by atoms with Crippen molar-refractivity contribution in [3.63, 3.8) is 0 Å². The van der Waals surface area contributed by atoms with Crippen LogP contribution in [0.25, 0.3) is 0 Å². The van der Waals surface area contributed by atoms with Crippen LogP contribution < -0.4 is 4.90 Å². The van der Waals surface area contributed by atoms with Crippen LogP contribution in [0, 0.1) is 6.92 Å². The number of hydrogen-bond donors (Lipinski definition) is 0. The first-order chi connectivity index (χ1) is 8.91. The molecule has 100 valence electrons. The minimum Gasteiger partial charge on any atom is -0.378 e. The highest BCUT2D eigenvalue weighted by Crippen LogP contribution is 2.23. The highest BCUT2D eigenvalue weighted by atomic mass is 32.2. The third kappa shape index (κ3) is 2.79. The number of aryl methyl sites for hydroxylation is 1. The zero-order chi connectivity index (χ0) is 14.0. The van der Waals surface area contributed by atoms with E-state index in [-0.39, 0.29) is 0 Å². The van der Waals surface area contributed by atoms with E-state index in [9.17, 15) is 8.42 Å². The molecule has 0 atom stereocenters. The minimum atomic E-state index is -3.42. The fourth-order valence-electron chi connectivity index (χ4n) is 1.78. The van der Waals surface area contributed by atoms with Gasteiger partial charge in [-0.25, -0.2) is 8.42 Å². The second-order valence-corrected chi connectivity index (χ2v) is 6.65. The molecule has 0 saturated heterocycles. The Hall–Kier alpha value is -1.81. The number of anilines is 1. The summed E-state index contributed by atoms with van der Waals surface area (Å²) in [5.41, 5.74) is 2.02. The molecule has 0 unspecified atom stereocenters. The Labute approximate surface area is 114 Å². The molecule has 4 heteroatoms.